The predicted octanol–water partition coefficient (Wildman–Crippen LogP) is 3.27. The molecule has 1 aromatic carbocycles. The molecule has 2 atom stereocenters. The summed E-state index contributed by atoms with van der Waals surface area (Å²) in [4.78, 5) is 31.0. The molecule has 0 saturated carbocycles. The first-order valence-corrected chi connectivity index (χ1v) is 10.2. The zero-order valence-corrected chi connectivity index (χ0v) is 17.9. The van der Waals surface area contributed by atoms with Gasteiger partial charge in [-0.15, -0.1) is 0 Å². The van der Waals surface area contributed by atoms with Crippen molar-refractivity contribution in [2.24, 2.45) is 0 Å². The first-order valence-electron chi connectivity index (χ1n) is 10.2. The molecule has 1 N–H and O–H groups in total. The molecule has 8 nitrogen and oxygen atoms in total. The average Bonchev–Trinajstić information content (AvgIpc) is 3.13. The van der Waals surface area contributed by atoms with Gasteiger partial charge >= 0.3 is 12.1 Å². The van der Waals surface area contributed by atoms with E-state index in [4.69, 9.17) is 9.47 Å². The summed E-state index contributed by atoms with van der Waals surface area (Å²) in [6, 6.07) is 8.89. The third-order valence-electron chi connectivity index (χ3n) is 4.87. The molecule has 0 spiro atoms. The number of hydrogen-bond acceptors (Lipinski definition) is 6. The molecular formula is C22H29N3O5. The minimum absolute atomic E-state index is 0.185. The van der Waals surface area contributed by atoms with E-state index in [1.165, 1.54) is 6.33 Å². The molecule has 162 valence electrons. The number of aromatic nitrogens is 2. The van der Waals surface area contributed by atoms with E-state index >= 15 is 0 Å². The minimum Gasteiger partial charge on any atom is -0.461 e. The molecule has 1 fully saturated rings. The van der Waals surface area contributed by atoms with Crippen LogP contribution in [0.1, 0.15) is 50.6 Å². The fourth-order valence-electron chi connectivity index (χ4n) is 3.53. The number of aliphatic hydroxyl groups is 1. The van der Waals surface area contributed by atoms with Crippen LogP contribution in [0.5, 0.6) is 0 Å². The van der Waals surface area contributed by atoms with Crippen molar-refractivity contribution in [3.8, 4) is 11.3 Å². The van der Waals surface area contributed by atoms with Crippen molar-refractivity contribution in [1.29, 1.82) is 0 Å². The van der Waals surface area contributed by atoms with Gasteiger partial charge in [0.15, 0.2) is 5.69 Å². The van der Waals surface area contributed by atoms with Gasteiger partial charge in [-0.3, -0.25) is 0 Å². The summed E-state index contributed by atoms with van der Waals surface area (Å²) in [5.41, 5.74) is 0.914. The Bertz CT molecular complexity index is 888. The van der Waals surface area contributed by atoms with Crippen LogP contribution in [0.25, 0.3) is 11.3 Å². The number of aliphatic hydroxyl groups excluding tert-OH is 1. The number of amides is 1. The molecule has 1 aromatic heterocycles. The van der Waals surface area contributed by atoms with Crippen molar-refractivity contribution in [2.45, 2.75) is 51.9 Å². The molecule has 0 aliphatic carbocycles. The Hall–Kier alpha value is -2.87. The van der Waals surface area contributed by atoms with Gasteiger partial charge in [-0.2, -0.15) is 0 Å². The van der Waals surface area contributed by atoms with Gasteiger partial charge in [0.2, 0.25) is 0 Å². The van der Waals surface area contributed by atoms with E-state index < -0.39 is 29.8 Å². The molecule has 2 aromatic rings. The number of likely N-dealkylation sites (tertiary alicyclic amines) is 1. The number of carbonyl (C=O) groups excluding carboxylic acids is 2. The number of nitrogens with zero attached hydrogens (tertiary/aromatic N) is 3. The van der Waals surface area contributed by atoms with Crippen molar-refractivity contribution in [3.63, 3.8) is 0 Å². The zero-order chi connectivity index (χ0) is 21.9. The summed E-state index contributed by atoms with van der Waals surface area (Å²) in [6.07, 6.45) is 0.799. The Labute approximate surface area is 176 Å². The predicted molar refractivity (Wildman–Crippen MR) is 111 cm³/mol. The number of hydrogen-bond donors (Lipinski definition) is 1. The molecule has 1 amide bonds. The van der Waals surface area contributed by atoms with Crippen molar-refractivity contribution in [1.82, 2.24) is 14.5 Å². The largest absolute Gasteiger partial charge is 0.461 e. The fourth-order valence-corrected chi connectivity index (χ4v) is 3.53. The van der Waals surface area contributed by atoms with Gasteiger partial charge in [0.25, 0.3) is 0 Å². The van der Waals surface area contributed by atoms with Crippen LogP contribution in [0, 0.1) is 0 Å². The van der Waals surface area contributed by atoms with Gasteiger partial charge in [0.1, 0.15) is 5.60 Å². The van der Waals surface area contributed by atoms with Crippen LogP contribution in [-0.4, -0.2) is 63.0 Å². The van der Waals surface area contributed by atoms with Gasteiger partial charge in [0.05, 0.1) is 30.8 Å². The summed E-state index contributed by atoms with van der Waals surface area (Å²) in [5.74, 6) is -0.524. The van der Waals surface area contributed by atoms with E-state index in [-0.39, 0.29) is 18.8 Å². The second-order valence-electron chi connectivity index (χ2n) is 8.29. The normalized spacial score (nSPS) is 19.4. The van der Waals surface area contributed by atoms with E-state index in [0.717, 1.165) is 5.56 Å². The minimum atomic E-state index is -0.699. The number of rotatable bonds is 4. The maximum atomic E-state index is 12.6. The lowest BCUT2D eigenvalue weighted by atomic mass is 10.0. The second-order valence-corrected chi connectivity index (χ2v) is 8.29. The van der Waals surface area contributed by atoms with E-state index in [1.807, 2.05) is 51.1 Å². The monoisotopic (exact) mass is 415 g/mol. The van der Waals surface area contributed by atoms with Gasteiger partial charge in [-0.25, -0.2) is 14.6 Å². The standard InChI is InChI=1S/C22H29N3O5/c1-5-29-20(27)18-19(15-9-7-6-8-10-15)25(14-23-18)16-13-24(12-11-17(16)26)21(28)30-22(2,3)4/h6-10,14,16-17,26H,5,11-13H2,1-4H3/t16-,17-/m0/s1. The number of piperidine rings is 1. The lowest BCUT2D eigenvalue weighted by Crippen LogP contribution is -2.48. The number of carbonyl (C=O) groups is 2. The molecule has 30 heavy (non-hydrogen) atoms. The van der Waals surface area contributed by atoms with Crippen LogP contribution in [0.3, 0.4) is 0 Å². The zero-order valence-electron chi connectivity index (χ0n) is 17.9. The van der Waals surface area contributed by atoms with E-state index in [9.17, 15) is 14.7 Å². The molecule has 0 radical (unpaired) electrons. The number of esters is 1. The summed E-state index contributed by atoms with van der Waals surface area (Å²) in [5, 5.41) is 10.7. The second kappa shape index (κ2) is 8.87. The van der Waals surface area contributed by atoms with Crippen molar-refractivity contribution >= 4 is 12.1 Å². The Balaban J connectivity index is 1.97. The molecule has 8 heteroatoms. The Morgan fingerprint density at radius 1 is 1.23 bits per heavy atom. The van der Waals surface area contributed by atoms with Gasteiger partial charge in [0, 0.05) is 18.7 Å². The van der Waals surface area contributed by atoms with Crippen LogP contribution in [0.2, 0.25) is 0 Å². The smallest absolute Gasteiger partial charge is 0.410 e. The highest BCUT2D eigenvalue weighted by Gasteiger charge is 2.36. The van der Waals surface area contributed by atoms with Crippen LogP contribution < -0.4 is 0 Å². The van der Waals surface area contributed by atoms with E-state index in [2.05, 4.69) is 4.98 Å². The number of imidazole rings is 1. The summed E-state index contributed by atoms with van der Waals surface area (Å²) < 4.78 is 12.4. The quantitative estimate of drug-likeness (QED) is 0.771. The van der Waals surface area contributed by atoms with E-state index in [1.54, 1.807) is 16.4 Å². The van der Waals surface area contributed by atoms with Crippen molar-refractivity contribution in [2.75, 3.05) is 19.7 Å². The molecule has 3 rings (SSSR count). The highest BCUT2D eigenvalue weighted by atomic mass is 16.6. The van der Waals surface area contributed by atoms with E-state index in [0.29, 0.717) is 18.7 Å². The fraction of sp³-hybridized carbons (Fsp3) is 0.500. The van der Waals surface area contributed by atoms with Crippen molar-refractivity contribution in [3.05, 3.63) is 42.4 Å². The average molecular weight is 415 g/mol. The highest BCUT2D eigenvalue weighted by Crippen LogP contribution is 2.31. The Kier molecular flexibility index (Phi) is 6.45. The van der Waals surface area contributed by atoms with Gasteiger partial charge in [-0.1, -0.05) is 30.3 Å². The maximum absolute atomic E-state index is 12.6. The summed E-state index contributed by atoms with van der Waals surface area (Å²) in [7, 11) is 0. The molecule has 2 heterocycles. The summed E-state index contributed by atoms with van der Waals surface area (Å²) >= 11 is 0. The highest BCUT2D eigenvalue weighted by molar-refractivity contribution is 5.94. The van der Waals surface area contributed by atoms with Gasteiger partial charge < -0.3 is 24.0 Å². The third-order valence-corrected chi connectivity index (χ3v) is 4.87. The molecule has 1 aliphatic heterocycles. The van der Waals surface area contributed by atoms with Gasteiger partial charge in [-0.05, 0) is 34.1 Å². The lowest BCUT2D eigenvalue weighted by molar-refractivity contribution is -0.00529. The first-order chi connectivity index (χ1) is 14.2. The maximum Gasteiger partial charge on any atom is 0.410 e. The van der Waals surface area contributed by atoms with Crippen molar-refractivity contribution < 1.29 is 24.2 Å². The van der Waals surface area contributed by atoms with Crippen LogP contribution >= 0.6 is 0 Å². The molecule has 0 bridgehead atoms. The van der Waals surface area contributed by atoms with Crippen LogP contribution in [-0.2, 0) is 9.47 Å². The first kappa shape index (κ1) is 21.8. The SMILES string of the molecule is CCOC(=O)c1ncn([C@H]2CN(C(=O)OC(C)(C)C)CC[C@@H]2O)c1-c1ccccc1. The van der Waals surface area contributed by atoms with Crippen LogP contribution in [0.15, 0.2) is 36.7 Å². The summed E-state index contributed by atoms with van der Waals surface area (Å²) in [6.45, 7) is 8.06. The molecule has 1 aliphatic rings. The van der Waals surface area contributed by atoms with Crippen LogP contribution in [0.4, 0.5) is 4.79 Å². The molecule has 1 saturated heterocycles. The Morgan fingerprint density at radius 2 is 1.93 bits per heavy atom. The topological polar surface area (TPSA) is 93.9 Å². The number of benzene rings is 1. The Morgan fingerprint density at radius 3 is 2.57 bits per heavy atom. The number of ether oxygens (including phenoxy) is 2. The lowest BCUT2D eigenvalue weighted by Gasteiger charge is -2.38. The third kappa shape index (κ3) is 4.81. The molecular weight excluding hydrogens is 386 g/mol. The molecule has 0 unspecified atom stereocenters.